The van der Waals surface area contributed by atoms with Crippen LogP contribution in [0.5, 0.6) is 0 Å². The van der Waals surface area contributed by atoms with Crippen molar-refractivity contribution in [3.8, 4) is 5.69 Å². The number of aromatic nitrogens is 5. The fourth-order valence-corrected chi connectivity index (χ4v) is 6.94. The predicted molar refractivity (Wildman–Crippen MR) is 187 cm³/mol. The molecule has 7 rings (SSSR count). The summed E-state index contributed by atoms with van der Waals surface area (Å²) in [4.78, 5) is 60.9. The summed E-state index contributed by atoms with van der Waals surface area (Å²) in [5.74, 6) is 0.107. The molecule has 2 saturated heterocycles. The number of likely N-dealkylation sites (tertiary alicyclic amines) is 1. The quantitative estimate of drug-likeness (QED) is 0.260. The topological polar surface area (TPSA) is 135 Å². The highest BCUT2D eigenvalue weighted by Crippen LogP contribution is 2.28. The van der Waals surface area contributed by atoms with Gasteiger partial charge in [0.2, 0.25) is 5.91 Å². The van der Waals surface area contributed by atoms with Crippen LogP contribution in [0, 0.1) is 12.8 Å². The van der Waals surface area contributed by atoms with Crippen molar-refractivity contribution >= 4 is 50.2 Å². The second kappa shape index (κ2) is 13.7. The third kappa shape index (κ3) is 6.62. The fraction of sp³-hybridized carbons (Fsp3) is 0.306. The van der Waals surface area contributed by atoms with Crippen LogP contribution >= 0.6 is 15.9 Å². The minimum atomic E-state index is -0.449. The van der Waals surface area contributed by atoms with Crippen LogP contribution in [0.25, 0.3) is 16.6 Å². The van der Waals surface area contributed by atoms with E-state index in [-0.39, 0.29) is 35.7 Å². The van der Waals surface area contributed by atoms with Gasteiger partial charge < -0.3 is 15.1 Å². The summed E-state index contributed by atoms with van der Waals surface area (Å²) in [5.41, 5.74) is 3.07. The number of anilines is 1. The first-order valence-corrected chi connectivity index (χ1v) is 17.2. The molecule has 2 aliphatic rings. The van der Waals surface area contributed by atoms with Crippen LogP contribution in [0.2, 0.25) is 0 Å². The van der Waals surface area contributed by atoms with Gasteiger partial charge in [-0.1, -0.05) is 33.3 Å². The molecule has 0 aliphatic carbocycles. The number of fused-ring (bicyclic) bond motifs is 1. The van der Waals surface area contributed by atoms with Gasteiger partial charge >= 0.3 is 0 Å². The number of carbonyl (C=O) groups excluding carboxylic acids is 3. The standard InChI is InChI=1S/C36H35BrN8O4/c1-23-39-31-6-3-2-5-30(31)35(48)45(23)29-12-8-25(9-13-29)34(47)42-19-16-24(17-20-42)33(46)38-21-27-22-44(41-40-27)32-7-4-18-43(36(32)49)28-14-10-26(37)11-15-28/h2-3,5-6,8-15,22,24,32H,4,7,16-21H2,1H3,(H,38,46). The van der Waals surface area contributed by atoms with E-state index in [1.807, 2.05) is 42.5 Å². The number of amides is 3. The Morgan fingerprint density at radius 3 is 2.37 bits per heavy atom. The van der Waals surface area contributed by atoms with Crippen molar-refractivity contribution < 1.29 is 14.4 Å². The zero-order valence-electron chi connectivity index (χ0n) is 27.0. The van der Waals surface area contributed by atoms with Gasteiger partial charge in [0, 0.05) is 41.3 Å². The second-order valence-electron chi connectivity index (χ2n) is 12.5. The third-order valence-corrected chi connectivity index (χ3v) is 9.87. The summed E-state index contributed by atoms with van der Waals surface area (Å²) < 4.78 is 4.10. The Morgan fingerprint density at radius 2 is 1.61 bits per heavy atom. The van der Waals surface area contributed by atoms with E-state index in [1.165, 1.54) is 0 Å². The lowest BCUT2D eigenvalue weighted by Gasteiger charge is -2.32. The van der Waals surface area contributed by atoms with Gasteiger partial charge in [-0.2, -0.15) is 0 Å². The van der Waals surface area contributed by atoms with E-state index in [2.05, 4.69) is 36.5 Å². The second-order valence-corrected chi connectivity index (χ2v) is 13.4. The molecule has 250 valence electrons. The van der Waals surface area contributed by atoms with Crippen molar-refractivity contribution in [1.82, 2.24) is 34.8 Å². The summed E-state index contributed by atoms with van der Waals surface area (Å²) in [7, 11) is 0. The smallest absolute Gasteiger partial charge is 0.265 e. The molecule has 0 radical (unpaired) electrons. The summed E-state index contributed by atoms with van der Waals surface area (Å²) in [5, 5.41) is 11.9. The lowest BCUT2D eigenvalue weighted by Crippen LogP contribution is -2.43. The number of nitrogens with zero attached hydrogens (tertiary/aromatic N) is 7. The van der Waals surface area contributed by atoms with Crippen LogP contribution in [0.3, 0.4) is 0 Å². The minimum Gasteiger partial charge on any atom is -0.350 e. The first-order valence-electron chi connectivity index (χ1n) is 16.4. The lowest BCUT2D eigenvalue weighted by atomic mass is 9.95. The number of para-hydroxylation sites is 1. The molecular weight excluding hydrogens is 688 g/mol. The maximum Gasteiger partial charge on any atom is 0.265 e. The van der Waals surface area contributed by atoms with Gasteiger partial charge in [0.15, 0.2) is 0 Å². The molecule has 3 amide bonds. The number of benzene rings is 3. The van der Waals surface area contributed by atoms with E-state index in [0.29, 0.717) is 72.6 Å². The molecule has 2 fully saturated rings. The lowest BCUT2D eigenvalue weighted by molar-refractivity contribution is -0.126. The molecule has 49 heavy (non-hydrogen) atoms. The Hall–Kier alpha value is -5.17. The van der Waals surface area contributed by atoms with E-state index < -0.39 is 6.04 Å². The maximum atomic E-state index is 13.3. The number of halogens is 1. The fourth-order valence-electron chi connectivity index (χ4n) is 6.68. The molecule has 1 N–H and O–H groups in total. The van der Waals surface area contributed by atoms with E-state index in [1.54, 1.807) is 62.5 Å². The molecule has 2 aromatic heterocycles. The number of hydrogen-bond donors (Lipinski definition) is 1. The molecule has 4 heterocycles. The molecular formula is C36H35BrN8O4. The molecule has 0 spiro atoms. The number of piperidine rings is 2. The molecule has 5 aromatic rings. The van der Waals surface area contributed by atoms with Gasteiger partial charge in [0.05, 0.1) is 29.3 Å². The van der Waals surface area contributed by atoms with Crippen LogP contribution < -0.4 is 15.8 Å². The number of rotatable bonds is 7. The zero-order valence-corrected chi connectivity index (χ0v) is 28.5. The summed E-state index contributed by atoms with van der Waals surface area (Å²) >= 11 is 3.44. The Bertz CT molecular complexity index is 2090. The van der Waals surface area contributed by atoms with E-state index >= 15 is 0 Å². The normalized spacial score (nSPS) is 17.0. The molecule has 0 bridgehead atoms. The van der Waals surface area contributed by atoms with Crippen molar-refractivity contribution in [2.75, 3.05) is 24.5 Å². The van der Waals surface area contributed by atoms with Gasteiger partial charge in [0.25, 0.3) is 17.4 Å². The molecule has 1 unspecified atom stereocenters. The van der Waals surface area contributed by atoms with Crippen molar-refractivity contribution in [2.24, 2.45) is 5.92 Å². The van der Waals surface area contributed by atoms with Crippen molar-refractivity contribution in [3.63, 3.8) is 0 Å². The minimum absolute atomic E-state index is 0.0286. The maximum absolute atomic E-state index is 13.3. The van der Waals surface area contributed by atoms with Crippen LogP contribution in [0.1, 0.15) is 53.6 Å². The highest BCUT2D eigenvalue weighted by Gasteiger charge is 2.32. The Balaban J connectivity index is 0.914. The Labute approximate surface area is 290 Å². The molecule has 0 saturated carbocycles. The average Bonchev–Trinajstić information content (AvgIpc) is 3.60. The highest BCUT2D eigenvalue weighted by molar-refractivity contribution is 9.10. The van der Waals surface area contributed by atoms with Gasteiger partial charge in [0.1, 0.15) is 17.6 Å². The number of hydrogen-bond acceptors (Lipinski definition) is 7. The van der Waals surface area contributed by atoms with Gasteiger partial charge in [-0.25, -0.2) is 9.67 Å². The first kappa shape index (κ1) is 32.4. The predicted octanol–water partition coefficient (Wildman–Crippen LogP) is 4.58. The molecule has 12 nitrogen and oxygen atoms in total. The Morgan fingerprint density at radius 1 is 0.898 bits per heavy atom. The highest BCUT2D eigenvalue weighted by atomic mass is 79.9. The molecule has 1 atom stereocenters. The van der Waals surface area contributed by atoms with Gasteiger partial charge in [-0.15, -0.1) is 5.10 Å². The van der Waals surface area contributed by atoms with Crippen molar-refractivity contribution in [2.45, 2.75) is 45.2 Å². The van der Waals surface area contributed by atoms with E-state index in [9.17, 15) is 19.2 Å². The summed E-state index contributed by atoms with van der Waals surface area (Å²) in [6.07, 6.45) is 4.33. The van der Waals surface area contributed by atoms with Gasteiger partial charge in [-0.3, -0.25) is 23.7 Å². The van der Waals surface area contributed by atoms with Crippen LogP contribution in [0.4, 0.5) is 5.69 Å². The van der Waals surface area contributed by atoms with Crippen molar-refractivity contribution in [1.29, 1.82) is 0 Å². The molecule has 3 aromatic carbocycles. The molecule has 2 aliphatic heterocycles. The first-order chi connectivity index (χ1) is 23.8. The van der Waals surface area contributed by atoms with Crippen LogP contribution in [-0.4, -0.2) is 66.8 Å². The largest absolute Gasteiger partial charge is 0.350 e. The number of carbonyl (C=O) groups is 3. The summed E-state index contributed by atoms with van der Waals surface area (Å²) in [6.45, 7) is 3.56. The SMILES string of the molecule is Cc1nc2ccccc2c(=O)n1-c1ccc(C(=O)N2CCC(C(=O)NCc3cn(C4CCCN(c5ccc(Br)cc5)C4=O)nn3)CC2)cc1. The monoisotopic (exact) mass is 722 g/mol. The van der Waals surface area contributed by atoms with E-state index in [0.717, 1.165) is 16.6 Å². The van der Waals surface area contributed by atoms with Gasteiger partial charge in [-0.05, 0) is 93.3 Å². The van der Waals surface area contributed by atoms with Crippen LogP contribution in [-0.2, 0) is 16.1 Å². The molecule has 13 heteroatoms. The Kier molecular flexibility index (Phi) is 9.09. The number of nitrogens with one attached hydrogen (secondary N) is 1. The number of aryl methyl sites for hydroxylation is 1. The van der Waals surface area contributed by atoms with Crippen LogP contribution in [0.15, 0.2) is 88.3 Å². The van der Waals surface area contributed by atoms with E-state index in [4.69, 9.17) is 0 Å². The zero-order chi connectivity index (χ0) is 34.1. The average molecular weight is 724 g/mol. The van der Waals surface area contributed by atoms with Crippen molar-refractivity contribution in [3.05, 3.63) is 111 Å². The third-order valence-electron chi connectivity index (χ3n) is 9.34. The summed E-state index contributed by atoms with van der Waals surface area (Å²) in [6, 6.07) is 21.4.